The van der Waals surface area contributed by atoms with Gasteiger partial charge in [0.1, 0.15) is 11.4 Å². The van der Waals surface area contributed by atoms with Gasteiger partial charge in [0.15, 0.2) is 0 Å². The highest BCUT2D eigenvalue weighted by Gasteiger charge is 2.48. The summed E-state index contributed by atoms with van der Waals surface area (Å²) in [5.41, 5.74) is 0.782. The fourth-order valence-corrected chi connectivity index (χ4v) is 3.95. The van der Waals surface area contributed by atoms with Crippen LogP contribution in [0.1, 0.15) is 40.0 Å². The number of hydrogen-bond acceptors (Lipinski definition) is 3. The van der Waals surface area contributed by atoms with Crippen LogP contribution >= 0.6 is 0 Å². The Bertz CT molecular complexity index is 854. The molecule has 1 amide bonds. The second-order valence-electron chi connectivity index (χ2n) is 9.53. The lowest BCUT2D eigenvalue weighted by molar-refractivity contribution is 0.159. The van der Waals surface area contributed by atoms with Crippen molar-refractivity contribution in [2.24, 2.45) is 11.3 Å². The van der Waals surface area contributed by atoms with Crippen LogP contribution in [0.15, 0.2) is 65.8 Å². The van der Waals surface area contributed by atoms with Crippen LogP contribution in [0.3, 0.4) is 0 Å². The Morgan fingerprint density at radius 1 is 1.32 bits per heavy atom. The zero-order valence-electron chi connectivity index (χ0n) is 19.2. The topological polar surface area (TPSA) is 41.6 Å². The van der Waals surface area contributed by atoms with Crippen molar-refractivity contribution in [2.75, 3.05) is 26.7 Å². The van der Waals surface area contributed by atoms with E-state index in [1.165, 1.54) is 0 Å². The lowest BCUT2D eigenvalue weighted by atomic mass is 9.97. The van der Waals surface area contributed by atoms with E-state index in [0.717, 1.165) is 43.5 Å². The molecule has 0 saturated heterocycles. The van der Waals surface area contributed by atoms with Gasteiger partial charge in [0, 0.05) is 20.1 Å². The van der Waals surface area contributed by atoms with Crippen molar-refractivity contribution in [3.8, 4) is 5.75 Å². The van der Waals surface area contributed by atoms with Crippen LogP contribution in [0.25, 0.3) is 0 Å². The van der Waals surface area contributed by atoms with Crippen molar-refractivity contribution in [3.63, 3.8) is 0 Å². The maximum Gasteiger partial charge on any atom is 0.414 e. The molecule has 2 aliphatic carbocycles. The van der Waals surface area contributed by atoms with Crippen molar-refractivity contribution in [1.29, 1.82) is 0 Å². The number of halogens is 1. The molecule has 3 rings (SSSR count). The second-order valence-corrected chi connectivity index (χ2v) is 9.53. The number of hydrogen-bond donors (Lipinski definition) is 1. The van der Waals surface area contributed by atoms with Crippen molar-refractivity contribution in [2.45, 2.75) is 45.7 Å². The molecule has 5 heteroatoms. The third-order valence-corrected chi connectivity index (χ3v) is 6.37. The monoisotopic (exact) mass is 426 g/mol. The van der Waals surface area contributed by atoms with Gasteiger partial charge in [0.05, 0.1) is 0 Å². The normalized spacial score (nSPS) is 22.9. The number of allylic oxidation sites excluding steroid dienone is 4. The predicted octanol–water partition coefficient (Wildman–Crippen LogP) is 5.68. The molecule has 0 spiro atoms. The van der Waals surface area contributed by atoms with Gasteiger partial charge in [-0.25, -0.2) is 9.18 Å². The minimum absolute atomic E-state index is 0.244. The molecule has 1 saturated carbocycles. The number of carbonyl (C=O) groups excluding carboxylic acids is 1. The van der Waals surface area contributed by atoms with Gasteiger partial charge in [-0.3, -0.25) is 0 Å². The molecule has 1 aromatic carbocycles. The van der Waals surface area contributed by atoms with Crippen LogP contribution in [0, 0.1) is 11.3 Å². The molecule has 0 heterocycles. The molecule has 1 N–H and O–H groups in total. The molecule has 0 aliphatic heterocycles. The number of nitrogens with one attached hydrogen (secondary N) is 1. The molecular formula is C26H35FN2O2. The summed E-state index contributed by atoms with van der Waals surface area (Å²) in [4.78, 5) is 13.9. The van der Waals surface area contributed by atoms with E-state index in [4.69, 9.17) is 4.74 Å². The molecule has 0 aromatic heterocycles. The Morgan fingerprint density at radius 2 is 2.06 bits per heavy atom. The minimum atomic E-state index is -1.32. The molecule has 2 aliphatic rings. The average molecular weight is 427 g/mol. The first-order chi connectivity index (χ1) is 14.7. The lowest BCUT2D eigenvalue weighted by Gasteiger charge is -2.20. The minimum Gasteiger partial charge on any atom is -0.410 e. The number of alkyl halides is 1. The van der Waals surface area contributed by atoms with E-state index < -0.39 is 5.67 Å². The Hall–Kier alpha value is -2.40. The fourth-order valence-electron chi connectivity index (χ4n) is 3.95. The lowest BCUT2D eigenvalue weighted by Crippen LogP contribution is -2.32. The Labute approximate surface area is 185 Å². The summed E-state index contributed by atoms with van der Waals surface area (Å²) < 4.78 is 19.7. The van der Waals surface area contributed by atoms with Gasteiger partial charge < -0.3 is 15.0 Å². The summed E-state index contributed by atoms with van der Waals surface area (Å²) in [5, 5.41) is 3.54. The van der Waals surface area contributed by atoms with Crippen molar-refractivity contribution >= 4 is 6.09 Å². The first-order valence-electron chi connectivity index (χ1n) is 11.1. The molecule has 4 nitrogen and oxygen atoms in total. The van der Waals surface area contributed by atoms with Crippen molar-refractivity contribution in [1.82, 2.24) is 10.2 Å². The van der Waals surface area contributed by atoms with Gasteiger partial charge in [-0.05, 0) is 74.3 Å². The standard InChI is InChI=1S/C26H35FN2O2/c1-25(2,27)21-11-9-8-10-20(16-21)18-28-19-22-17-26(22,3)14-15-29(4)24(30)31-23-12-6-5-7-13-23/h5-8,10-13,16,22,28H,9,14-15,17-19H2,1-4H3. The largest absolute Gasteiger partial charge is 0.414 e. The van der Waals surface area contributed by atoms with E-state index in [0.29, 0.717) is 18.2 Å². The summed E-state index contributed by atoms with van der Waals surface area (Å²) >= 11 is 0. The summed E-state index contributed by atoms with van der Waals surface area (Å²) in [7, 11) is 1.78. The van der Waals surface area contributed by atoms with Crippen LogP contribution in [0.2, 0.25) is 0 Å². The van der Waals surface area contributed by atoms with Crippen LogP contribution in [0.5, 0.6) is 5.75 Å². The van der Waals surface area contributed by atoms with E-state index in [2.05, 4.69) is 24.4 Å². The number of carbonyl (C=O) groups is 1. The molecule has 0 bridgehead atoms. The average Bonchev–Trinajstić information content (AvgIpc) is 3.43. The number of ether oxygens (including phenoxy) is 1. The maximum absolute atomic E-state index is 14.3. The van der Waals surface area contributed by atoms with Crippen molar-refractivity contribution < 1.29 is 13.9 Å². The SMILES string of the molecule is CN(CCC1(C)CC1CNCC1=CC(C(C)(C)F)=CCC=C1)C(=O)Oc1ccccc1. The van der Waals surface area contributed by atoms with Crippen LogP contribution < -0.4 is 10.1 Å². The van der Waals surface area contributed by atoms with Crippen LogP contribution in [-0.4, -0.2) is 43.3 Å². The highest BCUT2D eigenvalue weighted by Crippen LogP contribution is 2.54. The maximum atomic E-state index is 14.3. The first-order valence-corrected chi connectivity index (χ1v) is 11.1. The number of para-hydroxylation sites is 1. The molecule has 1 fully saturated rings. The molecule has 31 heavy (non-hydrogen) atoms. The number of rotatable bonds is 9. The van der Waals surface area contributed by atoms with Gasteiger partial charge >= 0.3 is 6.09 Å². The summed E-state index contributed by atoms with van der Waals surface area (Å²) in [6.07, 6.45) is 10.6. The number of amides is 1. The Morgan fingerprint density at radius 3 is 2.77 bits per heavy atom. The van der Waals surface area contributed by atoms with Crippen LogP contribution in [0.4, 0.5) is 9.18 Å². The first kappa shape index (κ1) is 23.3. The van der Waals surface area contributed by atoms with E-state index >= 15 is 0 Å². The fraction of sp³-hybridized carbons (Fsp3) is 0.500. The highest BCUT2D eigenvalue weighted by molar-refractivity contribution is 5.70. The smallest absolute Gasteiger partial charge is 0.410 e. The number of nitrogens with zero attached hydrogens (tertiary/aromatic N) is 1. The third-order valence-electron chi connectivity index (χ3n) is 6.37. The molecule has 168 valence electrons. The molecule has 2 unspecified atom stereocenters. The van der Waals surface area contributed by atoms with Crippen molar-refractivity contribution in [3.05, 3.63) is 65.8 Å². The Kier molecular flexibility index (Phi) is 7.37. The van der Waals surface area contributed by atoms with Gasteiger partial charge in [-0.1, -0.05) is 49.4 Å². The van der Waals surface area contributed by atoms with E-state index in [1.807, 2.05) is 30.4 Å². The van der Waals surface area contributed by atoms with E-state index in [1.54, 1.807) is 37.9 Å². The quantitative estimate of drug-likeness (QED) is 0.552. The predicted molar refractivity (Wildman–Crippen MR) is 124 cm³/mol. The molecular weight excluding hydrogens is 391 g/mol. The second kappa shape index (κ2) is 9.82. The van der Waals surface area contributed by atoms with Gasteiger partial charge in [0.25, 0.3) is 0 Å². The van der Waals surface area contributed by atoms with E-state index in [-0.39, 0.29) is 11.5 Å². The summed E-state index contributed by atoms with van der Waals surface area (Å²) in [6.45, 7) is 7.83. The van der Waals surface area contributed by atoms with Crippen LogP contribution in [-0.2, 0) is 0 Å². The Balaban J connectivity index is 1.39. The zero-order chi connectivity index (χ0) is 22.5. The van der Waals surface area contributed by atoms with Gasteiger partial charge in [-0.15, -0.1) is 0 Å². The third kappa shape index (κ3) is 6.79. The highest BCUT2D eigenvalue weighted by atomic mass is 19.1. The summed E-state index contributed by atoms with van der Waals surface area (Å²) in [6, 6.07) is 9.15. The zero-order valence-corrected chi connectivity index (χ0v) is 19.2. The number of benzene rings is 1. The van der Waals surface area contributed by atoms with E-state index in [9.17, 15) is 9.18 Å². The molecule has 0 radical (unpaired) electrons. The summed E-state index contributed by atoms with van der Waals surface area (Å²) in [5.74, 6) is 1.16. The van der Waals surface area contributed by atoms with Gasteiger partial charge in [0.2, 0.25) is 0 Å². The molecule has 2 atom stereocenters. The molecule has 1 aromatic rings. The van der Waals surface area contributed by atoms with Gasteiger partial charge in [-0.2, -0.15) is 0 Å².